The quantitative estimate of drug-likeness (QED) is 0.0621. The van der Waals surface area contributed by atoms with Gasteiger partial charge < -0.3 is 38.0 Å². The van der Waals surface area contributed by atoms with E-state index in [9.17, 15) is 19.6 Å². The van der Waals surface area contributed by atoms with Crippen LogP contribution in [0.2, 0.25) is 0 Å². The van der Waals surface area contributed by atoms with Gasteiger partial charge in [-0.3, -0.25) is 14.3 Å². The van der Waals surface area contributed by atoms with Crippen molar-refractivity contribution < 1.29 is 37.5 Å². The Balaban J connectivity index is 1.69. The third kappa shape index (κ3) is 10.1. The number of H-pyrrole nitrogens is 1. The number of nitrogens with zero attached hydrogens (tertiary/aromatic N) is 3. The molecule has 16 heteroatoms. The lowest BCUT2D eigenvalue weighted by atomic mass is 9.80. The summed E-state index contributed by atoms with van der Waals surface area (Å²) in [7, 11) is 1.28. The molecule has 5 atom stereocenters. The zero-order valence-electron chi connectivity index (χ0n) is 33.8. The summed E-state index contributed by atoms with van der Waals surface area (Å²) in [6.45, 7) is 9.70. The molecular formula is C42H52N5O10P. The third-order valence-corrected chi connectivity index (χ3v) is 11.7. The predicted molar refractivity (Wildman–Crippen MR) is 218 cm³/mol. The van der Waals surface area contributed by atoms with Crippen LogP contribution in [0.3, 0.4) is 0 Å². The van der Waals surface area contributed by atoms with Crippen molar-refractivity contribution in [1.82, 2.24) is 19.5 Å². The van der Waals surface area contributed by atoms with Crippen LogP contribution in [0.25, 0.3) is 0 Å². The Bertz CT molecular complexity index is 2020. The first-order valence-electron chi connectivity index (χ1n) is 19.1. The number of aromatic nitrogens is 2. The van der Waals surface area contributed by atoms with Crippen LogP contribution in [-0.4, -0.2) is 84.7 Å². The summed E-state index contributed by atoms with van der Waals surface area (Å²) in [5.41, 5.74) is -0.302. The minimum Gasteiger partial charge on any atom is -0.497 e. The van der Waals surface area contributed by atoms with Crippen molar-refractivity contribution in [2.24, 2.45) is 0 Å². The number of carbonyl (C=O) groups excluding carboxylic acids is 1. The number of methoxy groups -OCH3 is 2. The number of amides is 1. The van der Waals surface area contributed by atoms with Crippen molar-refractivity contribution in [3.05, 3.63) is 129 Å². The average molecular weight is 818 g/mol. The molecule has 58 heavy (non-hydrogen) atoms. The summed E-state index contributed by atoms with van der Waals surface area (Å²) in [4.78, 5) is 41.1. The van der Waals surface area contributed by atoms with E-state index in [-0.39, 0.29) is 38.3 Å². The Morgan fingerprint density at radius 1 is 0.931 bits per heavy atom. The van der Waals surface area contributed by atoms with Crippen molar-refractivity contribution in [3.63, 3.8) is 0 Å². The van der Waals surface area contributed by atoms with Crippen LogP contribution in [0.5, 0.6) is 11.5 Å². The molecule has 1 amide bonds. The number of hydrogen-bond acceptors (Lipinski definition) is 12. The molecule has 310 valence electrons. The normalized spacial score (nSPS) is 18.6. The van der Waals surface area contributed by atoms with Gasteiger partial charge in [0.2, 0.25) is 0 Å². The maximum Gasteiger partial charge on any atom is 0.407 e. The highest BCUT2D eigenvalue weighted by molar-refractivity contribution is 7.44. The van der Waals surface area contributed by atoms with Gasteiger partial charge in [-0.1, -0.05) is 54.6 Å². The number of carbonyl (C=O) groups is 1. The molecule has 1 aliphatic rings. The zero-order chi connectivity index (χ0) is 41.8. The van der Waals surface area contributed by atoms with Crippen LogP contribution in [0.1, 0.15) is 64.0 Å². The first-order chi connectivity index (χ1) is 28.0. The van der Waals surface area contributed by atoms with Gasteiger partial charge in [-0.2, -0.15) is 5.26 Å². The molecule has 1 aromatic heterocycles. The van der Waals surface area contributed by atoms with Crippen LogP contribution in [0, 0.1) is 11.3 Å². The van der Waals surface area contributed by atoms with E-state index in [0.717, 1.165) is 16.7 Å². The van der Waals surface area contributed by atoms with Crippen LogP contribution < -0.4 is 26.0 Å². The van der Waals surface area contributed by atoms with E-state index in [2.05, 4.69) is 21.0 Å². The van der Waals surface area contributed by atoms with E-state index in [1.807, 2.05) is 107 Å². The largest absolute Gasteiger partial charge is 0.497 e. The molecule has 0 radical (unpaired) electrons. The number of benzene rings is 3. The molecule has 0 saturated carbocycles. The smallest absolute Gasteiger partial charge is 0.407 e. The number of rotatable bonds is 19. The molecule has 15 nitrogen and oxygen atoms in total. The van der Waals surface area contributed by atoms with Crippen LogP contribution in [0.15, 0.2) is 101 Å². The highest BCUT2D eigenvalue weighted by Gasteiger charge is 2.51. The standard InChI is InChI=1S/C42H52N5O10P/c1-8-53-41(50)45-37-38(57-58(55-26-12-24-43)47(28(2)3)29(4)5)35(56-39(37)46-25-23-36(48)44-40(46)49)27-54-42(30-13-10-9-11-14-30,31-15-19-33(51-6)20-16-31)32-17-21-34(52-7)22-18-32/h9-11,13-23,25,28-29,35,37-39H,8,12,26-27H2,1-7H3,(H,45,50)(H,44,48,49)/t35-,37-,38-,39-,58?/m1/s1. The molecule has 3 aromatic carbocycles. The van der Waals surface area contributed by atoms with Gasteiger partial charge in [0.15, 0.2) is 6.23 Å². The molecule has 1 fully saturated rings. The molecule has 1 unspecified atom stereocenters. The third-order valence-electron chi connectivity index (χ3n) is 9.54. The minimum atomic E-state index is -1.91. The van der Waals surface area contributed by atoms with E-state index in [4.69, 9.17) is 32.7 Å². The van der Waals surface area contributed by atoms with Gasteiger partial charge in [-0.25, -0.2) is 14.3 Å². The number of aromatic amines is 1. The molecule has 2 N–H and O–H groups in total. The molecule has 0 spiro atoms. The predicted octanol–water partition coefficient (Wildman–Crippen LogP) is 6.24. The molecular weight excluding hydrogens is 765 g/mol. The molecule has 1 aliphatic heterocycles. The van der Waals surface area contributed by atoms with Crippen LogP contribution >= 0.6 is 8.53 Å². The summed E-state index contributed by atoms with van der Waals surface area (Å²) in [5.74, 6) is 1.31. The molecule has 0 aliphatic carbocycles. The summed E-state index contributed by atoms with van der Waals surface area (Å²) < 4.78 is 46.9. The Morgan fingerprint density at radius 2 is 1.52 bits per heavy atom. The fourth-order valence-electron chi connectivity index (χ4n) is 7.01. The highest BCUT2D eigenvalue weighted by atomic mass is 31.2. The molecule has 0 bridgehead atoms. The topological polar surface area (TPSA) is 176 Å². The van der Waals surface area contributed by atoms with Gasteiger partial charge >= 0.3 is 11.8 Å². The number of nitriles is 1. The van der Waals surface area contributed by atoms with Gasteiger partial charge in [0.25, 0.3) is 14.1 Å². The maximum atomic E-state index is 13.4. The minimum absolute atomic E-state index is 0.0600. The monoisotopic (exact) mass is 817 g/mol. The van der Waals surface area contributed by atoms with Crippen molar-refractivity contribution >= 4 is 14.6 Å². The Hall–Kier alpha value is -5.07. The Morgan fingerprint density at radius 3 is 2.03 bits per heavy atom. The number of alkyl carbamates (subject to hydrolysis) is 1. The summed E-state index contributed by atoms with van der Waals surface area (Å²) >= 11 is 0. The lowest BCUT2D eigenvalue weighted by Gasteiger charge is -2.39. The van der Waals surface area contributed by atoms with Crippen molar-refractivity contribution in [2.75, 3.05) is 34.0 Å². The molecule has 5 rings (SSSR count). The van der Waals surface area contributed by atoms with E-state index in [1.165, 1.54) is 16.8 Å². The average Bonchev–Trinajstić information content (AvgIpc) is 3.54. The second kappa shape index (κ2) is 20.6. The first kappa shape index (κ1) is 44.0. The number of nitrogens with one attached hydrogen (secondary N) is 2. The summed E-state index contributed by atoms with van der Waals surface area (Å²) in [6.07, 6.45) is -2.59. The summed E-state index contributed by atoms with van der Waals surface area (Å²) in [5, 5.41) is 12.3. The van der Waals surface area contributed by atoms with Gasteiger partial charge in [-0.15, -0.1) is 0 Å². The SMILES string of the molecule is CCOC(=O)N[C@@H]1[C@H](OP(OCCC#N)N(C(C)C)C(C)C)[C@@H](COC(c2ccccc2)(c2ccc(OC)cc2)c2ccc(OC)cc2)O[C@H]1n1ccc(=O)[nH]c1=O. The maximum absolute atomic E-state index is 13.4. The van der Waals surface area contributed by atoms with Crippen LogP contribution in [-0.2, 0) is 28.9 Å². The lowest BCUT2D eigenvalue weighted by Crippen LogP contribution is -2.50. The van der Waals surface area contributed by atoms with Gasteiger partial charge in [-0.05, 0) is 75.6 Å². The zero-order valence-corrected chi connectivity index (χ0v) is 34.7. The molecule has 4 aromatic rings. The van der Waals surface area contributed by atoms with Gasteiger partial charge in [0.1, 0.15) is 35.3 Å². The van der Waals surface area contributed by atoms with Crippen molar-refractivity contribution in [3.8, 4) is 17.6 Å². The van der Waals surface area contributed by atoms with E-state index in [1.54, 1.807) is 21.1 Å². The van der Waals surface area contributed by atoms with Gasteiger partial charge in [0, 0.05) is 24.3 Å². The van der Waals surface area contributed by atoms with E-state index >= 15 is 0 Å². The fourth-order valence-corrected chi connectivity index (χ4v) is 8.79. The Kier molecular flexibility index (Phi) is 15.6. The summed E-state index contributed by atoms with van der Waals surface area (Å²) in [6, 6.07) is 27.0. The fraction of sp³-hybridized carbons (Fsp3) is 0.429. The molecule has 2 heterocycles. The van der Waals surface area contributed by atoms with Gasteiger partial charge in [0.05, 0.1) is 46.5 Å². The van der Waals surface area contributed by atoms with Crippen molar-refractivity contribution in [2.45, 2.75) is 83.2 Å². The Labute approximate surface area is 339 Å². The highest BCUT2D eigenvalue weighted by Crippen LogP contribution is 2.51. The van der Waals surface area contributed by atoms with Crippen molar-refractivity contribution in [1.29, 1.82) is 5.26 Å². The number of ether oxygens (including phenoxy) is 5. The molecule has 1 saturated heterocycles. The van der Waals surface area contributed by atoms with E-state index in [0.29, 0.717) is 11.5 Å². The second-order valence-corrected chi connectivity index (χ2v) is 15.3. The number of hydrogen-bond donors (Lipinski definition) is 2. The first-order valence-corrected chi connectivity index (χ1v) is 20.2. The lowest BCUT2D eigenvalue weighted by molar-refractivity contribution is -0.0928. The van der Waals surface area contributed by atoms with E-state index < -0.39 is 55.9 Å². The second-order valence-electron chi connectivity index (χ2n) is 13.9. The van der Waals surface area contributed by atoms with Crippen LogP contribution in [0.4, 0.5) is 4.79 Å².